The molecule has 2 aliphatic heterocycles. The van der Waals surface area contributed by atoms with Crippen molar-refractivity contribution in [1.29, 1.82) is 0 Å². The summed E-state index contributed by atoms with van der Waals surface area (Å²) >= 11 is 1.59. The van der Waals surface area contributed by atoms with Gasteiger partial charge in [0.05, 0.1) is 5.56 Å². The summed E-state index contributed by atoms with van der Waals surface area (Å²) < 4.78 is 1.94. The fraction of sp³-hybridized carbons (Fsp3) is 0.273. The molecule has 6 heteroatoms. The number of hydrogen-bond donors (Lipinski definition) is 1. The third-order valence-electron chi connectivity index (χ3n) is 5.70. The van der Waals surface area contributed by atoms with E-state index in [-0.39, 0.29) is 17.5 Å². The van der Waals surface area contributed by atoms with Gasteiger partial charge in [0.25, 0.3) is 5.56 Å². The molecule has 0 spiro atoms. The normalized spacial score (nSPS) is 20.5. The first-order valence-electron chi connectivity index (χ1n) is 9.57. The Morgan fingerprint density at radius 2 is 1.86 bits per heavy atom. The van der Waals surface area contributed by atoms with Crippen LogP contribution in [0.15, 0.2) is 64.8 Å². The topological polar surface area (TPSA) is 54.3 Å². The highest BCUT2D eigenvalue weighted by Crippen LogP contribution is 2.36. The lowest BCUT2D eigenvalue weighted by molar-refractivity contribution is 0.139. The maximum atomic E-state index is 13.1. The Kier molecular flexibility index (Phi) is 4.28. The van der Waals surface area contributed by atoms with Gasteiger partial charge in [-0.1, -0.05) is 24.3 Å². The number of fused-ring (bicyclic) bond motifs is 4. The van der Waals surface area contributed by atoms with Crippen molar-refractivity contribution in [2.45, 2.75) is 18.9 Å². The van der Waals surface area contributed by atoms with Crippen LogP contribution in [0.3, 0.4) is 0 Å². The first-order valence-corrected chi connectivity index (χ1v) is 10.5. The quantitative estimate of drug-likeness (QED) is 0.711. The molecule has 4 heterocycles. The number of anilines is 1. The van der Waals surface area contributed by atoms with Crippen LogP contribution in [0, 0.1) is 5.92 Å². The van der Waals surface area contributed by atoms with Crippen LogP contribution in [0.25, 0.3) is 10.4 Å². The number of likely N-dealkylation sites (tertiary alicyclic amines) is 1. The molecular formula is C22H21N3O2S. The van der Waals surface area contributed by atoms with Crippen LogP contribution in [0.1, 0.15) is 18.0 Å². The molecule has 28 heavy (non-hydrogen) atoms. The predicted octanol–water partition coefficient (Wildman–Crippen LogP) is 4.23. The summed E-state index contributed by atoms with van der Waals surface area (Å²) in [6, 6.07) is 17.5. The third-order valence-corrected chi connectivity index (χ3v) is 6.61. The second-order valence-corrected chi connectivity index (χ2v) is 8.51. The van der Waals surface area contributed by atoms with Gasteiger partial charge in [0.15, 0.2) is 0 Å². The number of para-hydroxylation sites is 1. The van der Waals surface area contributed by atoms with E-state index in [1.807, 2.05) is 63.4 Å². The van der Waals surface area contributed by atoms with E-state index in [9.17, 15) is 9.59 Å². The fourth-order valence-corrected chi connectivity index (χ4v) is 5.20. The highest BCUT2D eigenvalue weighted by Gasteiger charge is 2.36. The molecule has 2 atom stereocenters. The van der Waals surface area contributed by atoms with Gasteiger partial charge >= 0.3 is 6.03 Å². The van der Waals surface area contributed by atoms with Crippen LogP contribution < -0.4 is 10.9 Å². The number of aromatic nitrogens is 1. The second-order valence-electron chi connectivity index (χ2n) is 7.56. The van der Waals surface area contributed by atoms with Crippen molar-refractivity contribution in [3.05, 3.63) is 76.0 Å². The minimum Gasteiger partial charge on any atom is -0.324 e. The van der Waals surface area contributed by atoms with E-state index in [4.69, 9.17) is 0 Å². The van der Waals surface area contributed by atoms with E-state index >= 15 is 0 Å². The fourth-order valence-electron chi connectivity index (χ4n) is 4.46. The Hall–Kier alpha value is -2.86. The monoisotopic (exact) mass is 391 g/mol. The van der Waals surface area contributed by atoms with E-state index in [1.54, 1.807) is 11.3 Å². The van der Waals surface area contributed by atoms with Crippen molar-refractivity contribution < 1.29 is 4.79 Å². The van der Waals surface area contributed by atoms with Gasteiger partial charge in [0.1, 0.15) is 0 Å². The zero-order valence-corrected chi connectivity index (χ0v) is 16.2. The number of nitrogens with zero attached hydrogens (tertiary/aromatic N) is 2. The summed E-state index contributed by atoms with van der Waals surface area (Å²) in [5, 5.41) is 4.98. The molecule has 1 fully saturated rings. The Bertz CT molecular complexity index is 1060. The Morgan fingerprint density at radius 1 is 1.00 bits per heavy atom. The highest BCUT2D eigenvalue weighted by molar-refractivity contribution is 7.13. The number of pyridine rings is 1. The number of carbonyl (C=O) groups is 1. The smallest absolute Gasteiger partial charge is 0.321 e. The molecule has 1 saturated heterocycles. The summed E-state index contributed by atoms with van der Waals surface area (Å²) in [7, 11) is 0. The molecule has 3 aromatic rings. The lowest BCUT2D eigenvalue weighted by Gasteiger charge is -2.42. The van der Waals surface area contributed by atoms with Crippen molar-refractivity contribution in [3.63, 3.8) is 0 Å². The summed E-state index contributed by atoms with van der Waals surface area (Å²) in [5.74, 6) is 0.517. The zero-order chi connectivity index (χ0) is 19.1. The molecule has 1 N–H and O–H groups in total. The number of amides is 2. The first-order chi connectivity index (χ1) is 13.7. The Morgan fingerprint density at radius 3 is 2.64 bits per heavy atom. The van der Waals surface area contributed by atoms with Crippen molar-refractivity contribution >= 4 is 23.1 Å². The van der Waals surface area contributed by atoms with E-state index in [2.05, 4.69) is 11.4 Å². The number of nitrogens with one attached hydrogen (secondary N) is 1. The molecule has 5 nitrogen and oxygen atoms in total. The van der Waals surface area contributed by atoms with Crippen molar-refractivity contribution in [2.75, 3.05) is 18.4 Å². The molecular weight excluding hydrogens is 370 g/mol. The lowest BCUT2D eigenvalue weighted by Crippen LogP contribution is -2.50. The number of hydrogen-bond acceptors (Lipinski definition) is 3. The number of benzene rings is 1. The van der Waals surface area contributed by atoms with Gasteiger partial charge in [-0.2, -0.15) is 0 Å². The highest BCUT2D eigenvalue weighted by atomic mass is 32.1. The van der Waals surface area contributed by atoms with Gasteiger partial charge in [0, 0.05) is 41.8 Å². The summed E-state index contributed by atoms with van der Waals surface area (Å²) in [6.45, 7) is 2.01. The molecule has 0 aliphatic carbocycles. The van der Waals surface area contributed by atoms with Crippen LogP contribution in [0.4, 0.5) is 10.5 Å². The zero-order valence-electron chi connectivity index (χ0n) is 15.4. The maximum Gasteiger partial charge on any atom is 0.321 e. The summed E-state index contributed by atoms with van der Waals surface area (Å²) in [5.41, 5.74) is 2.73. The molecule has 1 aromatic carbocycles. The van der Waals surface area contributed by atoms with Crippen LogP contribution >= 0.6 is 11.3 Å². The van der Waals surface area contributed by atoms with E-state index < -0.39 is 0 Å². The van der Waals surface area contributed by atoms with Crippen molar-refractivity contribution in [2.24, 2.45) is 5.92 Å². The van der Waals surface area contributed by atoms with Gasteiger partial charge in [-0.15, -0.1) is 11.3 Å². The summed E-state index contributed by atoms with van der Waals surface area (Å²) in [6.07, 6.45) is 1.03. The molecule has 2 aliphatic rings. The van der Waals surface area contributed by atoms with E-state index in [1.165, 1.54) is 0 Å². The van der Waals surface area contributed by atoms with Gasteiger partial charge in [-0.25, -0.2) is 4.79 Å². The lowest BCUT2D eigenvalue weighted by atomic mass is 9.83. The van der Waals surface area contributed by atoms with Gasteiger partial charge in [-0.05, 0) is 48.1 Å². The van der Waals surface area contributed by atoms with Crippen molar-refractivity contribution in [1.82, 2.24) is 9.47 Å². The maximum absolute atomic E-state index is 13.1. The number of carbonyl (C=O) groups excluding carboxylic acids is 1. The Balaban J connectivity index is 1.40. The molecule has 0 saturated carbocycles. The minimum absolute atomic E-state index is 0.0631. The molecule has 0 radical (unpaired) electrons. The Labute approximate surface area is 167 Å². The standard InChI is InChI=1S/C22H21N3O2S/c26-21-18(20-7-4-10-28-20)8-9-19-16-11-15(13-25(19)21)12-24(14-16)22(27)23-17-5-2-1-3-6-17/h1-10,15-16H,11-14H2,(H,23,27)/t15-,16+/m0/s1. The molecule has 5 rings (SSSR count). The van der Waals surface area contributed by atoms with Gasteiger partial charge in [-0.3, -0.25) is 4.79 Å². The van der Waals surface area contributed by atoms with Crippen LogP contribution in [-0.2, 0) is 6.54 Å². The van der Waals surface area contributed by atoms with E-state index in [0.29, 0.717) is 25.6 Å². The van der Waals surface area contributed by atoms with Gasteiger partial charge < -0.3 is 14.8 Å². The summed E-state index contributed by atoms with van der Waals surface area (Å²) in [4.78, 5) is 28.7. The number of urea groups is 1. The minimum atomic E-state index is -0.0631. The molecule has 142 valence electrons. The predicted molar refractivity (Wildman–Crippen MR) is 112 cm³/mol. The second kappa shape index (κ2) is 6.95. The largest absolute Gasteiger partial charge is 0.324 e. The van der Waals surface area contributed by atoms with Gasteiger partial charge in [0.2, 0.25) is 0 Å². The van der Waals surface area contributed by atoms with Crippen LogP contribution in [0.2, 0.25) is 0 Å². The molecule has 2 amide bonds. The molecule has 2 aromatic heterocycles. The average molecular weight is 391 g/mol. The average Bonchev–Trinajstić information content (AvgIpc) is 3.24. The SMILES string of the molecule is O=C(Nc1ccccc1)N1C[C@@H]2C[C@H](C1)c1ccc(-c3cccs3)c(=O)n1C2. The van der Waals surface area contributed by atoms with Crippen LogP contribution in [-0.4, -0.2) is 28.6 Å². The van der Waals surface area contributed by atoms with Crippen molar-refractivity contribution in [3.8, 4) is 10.4 Å². The third kappa shape index (κ3) is 3.03. The first kappa shape index (κ1) is 17.3. The molecule has 2 bridgehead atoms. The van der Waals surface area contributed by atoms with Crippen LogP contribution in [0.5, 0.6) is 0 Å². The van der Waals surface area contributed by atoms with E-state index in [0.717, 1.165) is 28.2 Å². The number of thiophene rings is 1. The molecule has 0 unspecified atom stereocenters. The number of rotatable bonds is 2. The number of piperidine rings is 1.